The molecule has 0 N–H and O–H groups in total. The number of amides is 1. The molecule has 0 saturated carbocycles. The minimum absolute atomic E-state index is 0.101. The molecule has 0 aromatic rings. The molecule has 1 saturated heterocycles. The van der Waals surface area contributed by atoms with Crippen LogP contribution in [-0.2, 0) is 9.59 Å². The Balaban J connectivity index is 2.53. The van der Waals surface area contributed by atoms with Crippen LogP contribution in [-0.4, -0.2) is 41.7 Å². The van der Waals surface area contributed by atoms with Gasteiger partial charge < -0.3 is 9.69 Å². The molecule has 1 aliphatic rings. The number of piperidine rings is 1. The average molecular weight is 201 g/mol. The first kappa shape index (κ1) is 10.6. The molecule has 1 aliphatic heterocycles. The van der Waals surface area contributed by atoms with Gasteiger partial charge in [-0.3, -0.25) is 4.79 Å². The van der Waals surface area contributed by atoms with Gasteiger partial charge in [-0.05, 0) is 25.5 Å². The van der Waals surface area contributed by atoms with E-state index in [1.165, 1.54) is 11.8 Å². The normalized spacial score (nSPS) is 22.8. The van der Waals surface area contributed by atoms with Gasteiger partial charge in [-0.15, -0.1) is 0 Å². The second kappa shape index (κ2) is 5.27. The van der Waals surface area contributed by atoms with Gasteiger partial charge in [0.2, 0.25) is 5.91 Å². The van der Waals surface area contributed by atoms with Crippen LogP contribution in [0, 0.1) is 0 Å². The van der Waals surface area contributed by atoms with Gasteiger partial charge in [0.05, 0.1) is 11.8 Å². The number of thioether (sulfide) groups is 1. The van der Waals surface area contributed by atoms with Crippen LogP contribution in [0.25, 0.3) is 0 Å². The van der Waals surface area contributed by atoms with Crippen LogP contribution < -0.4 is 0 Å². The van der Waals surface area contributed by atoms with Crippen LogP contribution >= 0.6 is 11.8 Å². The van der Waals surface area contributed by atoms with Crippen molar-refractivity contribution in [2.24, 2.45) is 0 Å². The molecule has 0 aromatic heterocycles. The van der Waals surface area contributed by atoms with Crippen LogP contribution in [0.2, 0.25) is 0 Å². The summed E-state index contributed by atoms with van der Waals surface area (Å²) in [4.78, 5) is 23.9. The van der Waals surface area contributed by atoms with E-state index in [1.54, 1.807) is 4.90 Å². The third-order valence-corrected chi connectivity index (χ3v) is 2.83. The molecular weight excluding hydrogens is 186 g/mol. The van der Waals surface area contributed by atoms with Crippen LogP contribution in [0.5, 0.6) is 0 Å². The predicted molar refractivity (Wildman–Crippen MR) is 53.8 cm³/mol. The second-order valence-electron chi connectivity index (χ2n) is 3.22. The maximum Gasteiger partial charge on any atom is 0.233 e. The molecule has 1 atom stereocenters. The molecular formula is C9H15NO2S. The summed E-state index contributed by atoms with van der Waals surface area (Å²) in [5, 5.41) is 0. The van der Waals surface area contributed by atoms with Crippen molar-refractivity contribution in [3.8, 4) is 0 Å². The fourth-order valence-electron chi connectivity index (χ4n) is 1.61. The molecule has 0 aromatic carbocycles. The van der Waals surface area contributed by atoms with Crippen LogP contribution in [0.3, 0.4) is 0 Å². The summed E-state index contributed by atoms with van der Waals surface area (Å²) in [7, 11) is 0. The van der Waals surface area contributed by atoms with E-state index >= 15 is 0 Å². The quantitative estimate of drug-likeness (QED) is 0.637. The Morgan fingerprint density at radius 2 is 2.38 bits per heavy atom. The lowest BCUT2D eigenvalue weighted by Gasteiger charge is -2.32. The van der Waals surface area contributed by atoms with Gasteiger partial charge in [0.1, 0.15) is 6.29 Å². The lowest BCUT2D eigenvalue weighted by atomic mass is 10.0. The molecule has 1 unspecified atom stereocenters. The number of carbonyl (C=O) groups excluding carboxylic acids is 2. The Morgan fingerprint density at radius 1 is 1.62 bits per heavy atom. The van der Waals surface area contributed by atoms with Crippen molar-refractivity contribution >= 4 is 24.0 Å². The molecule has 0 radical (unpaired) electrons. The van der Waals surface area contributed by atoms with Gasteiger partial charge in [-0.2, -0.15) is 11.8 Å². The Kier molecular flexibility index (Phi) is 4.28. The van der Waals surface area contributed by atoms with Crippen molar-refractivity contribution in [1.82, 2.24) is 4.90 Å². The van der Waals surface area contributed by atoms with Crippen LogP contribution in [0.1, 0.15) is 19.3 Å². The molecule has 1 heterocycles. The molecule has 74 valence electrons. The first-order valence-electron chi connectivity index (χ1n) is 4.53. The third kappa shape index (κ3) is 2.72. The monoisotopic (exact) mass is 201 g/mol. The number of nitrogens with zero attached hydrogens (tertiary/aromatic N) is 1. The minimum atomic E-state index is -0.159. The fraction of sp³-hybridized carbons (Fsp3) is 0.778. The van der Waals surface area contributed by atoms with E-state index in [0.29, 0.717) is 5.75 Å². The van der Waals surface area contributed by atoms with E-state index < -0.39 is 0 Å². The van der Waals surface area contributed by atoms with Gasteiger partial charge in [0, 0.05) is 6.54 Å². The number of rotatable bonds is 3. The Morgan fingerprint density at radius 3 is 3.00 bits per heavy atom. The van der Waals surface area contributed by atoms with Gasteiger partial charge in [0.15, 0.2) is 0 Å². The molecule has 4 heteroatoms. The van der Waals surface area contributed by atoms with Gasteiger partial charge in [0.25, 0.3) is 0 Å². The zero-order valence-corrected chi connectivity index (χ0v) is 8.68. The Bertz CT molecular complexity index is 196. The van der Waals surface area contributed by atoms with E-state index in [4.69, 9.17) is 0 Å². The molecule has 3 nitrogen and oxygen atoms in total. The van der Waals surface area contributed by atoms with Crippen LogP contribution in [0.15, 0.2) is 0 Å². The van der Waals surface area contributed by atoms with Crippen LogP contribution in [0.4, 0.5) is 0 Å². The number of hydrogen-bond donors (Lipinski definition) is 0. The second-order valence-corrected chi connectivity index (χ2v) is 4.09. The molecule has 1 rings (SSSR count). The van der Waals surface area contributed by atoms with E-state index in [9.17, 15) is 9.59 Å². The number of hydrogen-bond acceptors (Lipinski definition) is 3. The highest BCUT2D eigenvalue weighted by Gasteiger charge is 2.25. The highest BCUT2D eigenvalue weighted by molar-refractivity contribution is 7.99. The van der Waals surface area contributed by atoms with Gasteiger partial charge >= 0.3 is 0 Å². The highest BCUT2D eigenvalue weighted by Crippen LogP contribution is 2.16. The number of likely N-dealkylation sites (tertiary alicyclic amines) is 1. The molecule has 13 heavy (non-hydrogen) atoms. The summed E-state index contributed by atoms with van der Waals surface area (Å²) in [5.41, 5.74) is 0. The standard InChI is InChI=1S/C9H15NO2S/c1-13-7-9(12)10-5-3-2-4-8(10)6-11/h6,8H,2-5,7H2,1H3. The third-order valence-electron chi connectivity index (χ3n) is 2.29. The fourth-order valence-corrected chi connectivity index (χ4v) is 2.03. The SMILES string of the molecule is CSCC(=O)N1CCCCC1C=O. The first-order chi connectivity index (χ1) is 6.29. The molecule has 0 bridgehead atoms. The first-order valence-corrected chi connectivity index (χ1v) is 5.92. The topological polar surface area (TPSA) is 37.4 Å². The minimum Gasteiger partial charge on any atom is -0.332 e. The Labute approximate surface area is 82.9 Å². The Hall–Kier alpha value is -0.510. The molecule has 1 amide bonds. The highest BCUT2D eigenvalue weighted by atomic mass is 32.2. The maximum absolute atomic E-state index is 11.5. The number of carbonyl (C=O) groups is 2. The zero-order valence-electron chi connectivity index (χ0n) is 7.86. The van der Waals surface area contributed by atoms with E-state index in [2.05, 4.69) is 0 Å². The summed E-state index contributed by atoms with van der Waals surface area (Å²) >= 11 is 1.51. The van der Waals surface area contributed by atoms with E-state index in [1.807, 2.05) is 6.26 Å². The largest absolute Gasteiger partial charge is 0.332 e. The smallest absolute Gasteiger partial charge is 0.233 e. The van der Waals surface area contributed by atoms with E-state index in [-0.39, 0.29) is 11.9 Å². The van der Waals surface area contributed by atoms with Gasteiger partial charge in [-0.1, -0.05) is 0 Å². The lowest BCUT2D eigenvalue weighted by molar-refractivity contribution is -0.135. The summed E-state index contributed by atoms with van der Waals surface area (Å²) in [6.45, 7) is 0.753. The summed E-state index contributed by atoms with van der Waals surface area (Å²) in [5.74, 6) is 0.592. The molecule has 0 spiro atoms. The van der Waals surface area contributed by atoms with Crippen molar-refractivity contribution in [3.63, 3.8) is 0 Å². The summed E-state index contributed by atoms with van der Waals surface area (Å²) in [6.07, 6.45) is 5.73. The summed E-state index contributed by atoms with van der Waals surface area (Å²) in [6, 6.07) is -0.159. The summed E-state index contributed by atoms with van der Waals surface area (Å²) < 4.78 is 0. The predicted octanol–water partition coefficient (Wildman–Crippen LogP) is 0.929. The van der Waals surface area contributed by atoms with Crippen molar-refractivity contribution in [1.29, 1.82) is 0 Å². The van der Waals surface area contributed by atoms with Crippen molar-refractivity contribution in [3.05, 3.63) is 0 Å². The van der Waals surface area contributed by atoms with E-state index in [0.717, 1.165) is 32.1 Å². The van der Waals surface area contributed by atoms with Crippen molar-refractivity contribution in [2.45, 2.75) is 25.3 Å². The zero-order chi connectivity index (χ0) is 9.68. The van der Waals surface area contributed by atoms with Crippen molar-refractivity contribution in [2.75, 3.05) is 18.6 Å². The van der Waals surface area contributed by atoms with Gasteiger partial charge in [-0.25, -0.2) is 0 Å². The molecule has 0 aliphatic carbocycles. The average Bonchev–Trinajstić information content (AvgIpc) is 2.18. The number of aldehydes is 1. The lowest BCUT2D eigenvalue weighted by Crippen LogP contribution is -2.45. The maximum atomic E-state index is 11.5. The van der Waals surface area contributed by atoms with Crippen molar-refractivity contribution < 1.29 is 9.59 Å². The molecule has 1 fully saturated rings.